The van der Waals surface area contributed by atoms with E-state index in [1.54, 1.807) is 25.3 Å². The predicted molar refractivity (Wildman–Crippen MR) is 94.6 cm³/mol. The summed E-state index contributed by atoms with van der Waals surface area (Å²) >= 11 is 1.51. The summed E-state index contributed by atoms with van der Waals surface area (Å²) in [6.07, 6.45) is 1.73. The number of aromatic nitrogens is 1. The van der Waals surface area contributed by atoms with Crippen LogP contribution in [0.3, 0.4) is 0 Å². The number of benzene rings is 2. The van der Waals surface area contributed by atoms with Gasteiger partial charge in [0.05, 0.1) is 11.9 Å². The first kappa shape index (κ1) is 15.4. The van der Waals surface area contributed by atoms with Crippen molar-refractivity contribution < 1.29 is 4.39 Å². The number of hydrazone groups is 1. The lowest BCUT2D eigenvalue weighted by molar-refractivity contribution is 0.619. The van der Waals surface area contributed by atoms with E-state index in [-0.39, 0.29) is 5.82 Å². The van der Waals surface area contributed by atoms with E-state index in [2.05, 4.69) is 15.5 Å². The maximum Gasteiger partial charge on any atom is 0.203 e. The molecule has 2 aromatic carbocycles. The third-order valence-electron chi connectivity index (χ3n) is 3.38. The Morgan fingerprint density at radius 2 is 1.96 bits per heavy atom. The molecule has 0 saturated carbocycles. The van der Waals surface area contributed by atoms with Gasteiger partial charge in [-0.3, -0.25) is 5.43 Å². The molecule has 0 fully saturated rings. The molecule has 1 N–H and O–H groups in total. The third-order valence-corrected chi connectivity index (χ3v) is 4.25. The number of halogens is 1. The summed E-state index contributed by atoms with van der Waals surface area (Å²) in [5.41, 5.74) is 7.27. The van der Waals surface area contributed by atoms with Crippen LogP contribution in [0.4, 0.5) is 9.52 Å². The van der Waals surface area contributed by atoms with Crippen LogP contribution in [0, 0.1) is 19.7 Å². The van der Waals surface area contributed by atoms with Gasteiger partial charge in [0.2, 0.25) is 5.13 Å². The zero-order valence-corrected chi connectivity index (χ0v) is 13.7. The van der Waals surface area contributed by atoms with Crippen LogP contribution in [0.5, 0.6) is 0 Å². The van der Waals surface area contributed by atoms with Crippen LogP contribution in [-0.2, 0) is 0 Å². The molecule has 0 aliphatic heterocycles. The molecule has 1 aromatic heterocycles. The number of aryl methyl sites for hydroxylation is 2. The minimum atomic E-state index is -0.192. The minimum Gasteiger partial charge on any atom is -0.253 e. The van der Waals surface area contributed by atoms with E-state index in [0.717, 1.165) is 27.5 Å². The Labute approximate surface area is 138 Å². The van der Waals surface area contributed by atoms with Gasteiger partial charge in [-0.25, -0.2) is 9.37 Å². The van der Waals surface area contributed by atoms with E-state index >= 15 is 0 Å². The second kappa shape index (κ2) is 6.71. The molecule has 0 aliphatic rings. The van der Waals surface area contributed by atoms with E-state index in [0.29, 0.717) is 5.56 Å². The first-order chi connectivity index (χ1) is 11.1. The topological polar surface area (TPSA) is 37.3 Å². The Balaban J connectivity index is 1.78. The quantitative estimate of drug-likeness (QED) is 0.540. The molecule has 3 rings (SSSR count). The maximum atomic E-state index is 13.7. The molecule has 0 spiro atoms. The van der Waals surface area contributed by atoms with Gasteiger partial charge in [-0.1, -0.05) is 30.3 Å². The number of nitrogens with one attached hydrogen (secondary N) is 1. The summed E-state index contributed by atoms with van der Waals surface area (Å²) in [6.45, 7) is 3.70. The molecule has 0 saturated heterocycles. The number of nitrogens with zero attached hydrogens (tertiary/aromatic N) is 2. The summed E-state index contributed by atoms with van der Waals surface area (Å²) in [5, 5.41) is 6.91. The standard InChI is InChI=1S/C18H16FN3S/c1-12-6-7-16(9-17(12)19)15-5-3-4-14(8-15)10-20-22-18-21-13(2)11-23-18/h3-11H,1-2H3,(H,21,22). The van der Waals surface area contributed by atoms with Crippen molar-refractivity contribution in [1.82, 2.24) is 4.98 Å². The molecule has 0 atom stereocenters. The van der Waals surface area contributed by atoms with E-state index in [1.165, 1.54) is 11.3 Å². The Hall–Kier alpha value is -2.53. The molecule has 23 heavy (non-hydrogen) atoms. The molecule has 1 heterocycles. The average Bonchev–Trinajstić information content (AvgIpc) is 2.96. The van der Waals surface area contributed by atoms with Gasteiger partial charge in [0.1, 0.15) is 5.82 Å². The lowest BCUT2D eigenvalue weighted by atomic mass is 10.0. The van der Waals surface area contributed by atoms with Crippen molar-refractivity contribution in [3.8, 4) is 11.1 Å². The second-order valence-electron chi connectivity index (χ2n) is 5.25. The van der Waals surface area contributed by atoms with Crippen LogP contribution in [0.15, 0.2) is 52.9 Å². The smallest absolute Gasteiger partial charge is 0.203 e. The van der Waals surface area contributed by atoms with Crippen LogP contribution in [0.2, 0.25) is 0 Å². The van der Waals surface area contributed by atoms with Gasteiger partial charge in [-0.15, -0.1) is 11.3 Å². The summed E-state index contributed by atoms with van der Waals surface area (Å²) in [4.78, 5) is 4.28. The zero-order chi connectivity index (χ0) is 16.2. The highest BCUT2D eigenvalue weighted by Gasteiger charge is 2.02. The first-order valence-corrected chi connectivity index (χ1v) is 8.07. The van der Waals surface area contributed by atoms with Crippen molar-refractivity contribution in [2.24, 2.45) is 5.10 Å². The number of thiazole rings is 1. The summed E-state index contributed by atoms with van der Waals surface area (Å²) < 4.78 is 13.7. The van der Waals surface area contributed by atoms with Gasteiger partial charge in [0.25, 0.3) is 0 Å². The Bertz CT molecular complexity index is 855. The van der Waals surface area contributed by atoms with E-state index in [4.69, 9.17) is 0 Å². The Morgan fingerprint density at radius 1 is 1.13 bits per heavy atom. The van der Waals surface area contributed by atoms with Gasteiger partial charge in [0, 0.05) is 5.38 Å². The maximum absolute atomic E-state index is 13.7. The summed E-state index contributed by atoms with van der Waals surface area (Å²) in [5.74, 6) is -0.192. The van der Waals surface area contributed by atoms with Gasteiger partial charge in [-0.2, -0.15) is 5.10 Å². The molecule has 0 radical (unpaired) electrons. The number of anilines is 1. The molecule has 0 aliphatic carbocycles. The monoisotopic (exact) mass is 325 g/mol. The third kappa shape index (κ3) is 3.81. The van der Waals surface area contributed by atoms with Crippen molar-refractivity contribution in [3.05, 3.63) is 70.5 Å². The van der Waals surface area contributed by atoms with Gasteiger partial charge in [0.15, 0.2) is 0 Å². The van der Waals surface area contributed by atoms with Crippen LogP contribution in [0.25, 0.3) is 11.1 Å². The lowest BCUT2D eigenvalue weighted by Crippen LogP contribution is -1.91. The minimum absolute atomic E-state index is 0.192. The van der Waals surface area contributed by atoms with Crippen molar-refractivity contribution in [2.75, 3.05) is 5.43 Å². The number of hydrogen-bond acceptors (Lipinski definition) is 4. The summed E-state index contributed by atoms with van der Waals surface area (Å²) in [7, 11) is 0. The fourth-order valence-corrected chi connectivity index (χ4v) is 2.78. The highest BCUT2D eigenvalue weighted by atomic mass is 32.1. The first-order valence-electron chi connectivity index (χ1n) is 7.19. The van der Waals surface area contributed by atoms with Crippen molar-refractivity contribution >= 4 is 22.7 Å². The molecule has 0 amide bonds. The summed E-state index contributed by atoms with van der Waals surface area (Å²) in [6, 6.07) is 13.1. The number of hydrogen-bond donors (Lipinski definition) is 1. The zero-order valence-electron chi connectivity index (χ0n) is 12.9. The fraction of sp³-hybridized carbons (Fsp3) is 0.111. The molecule has 3 aromatic rings. The van der Waals surface area contributed by atoms with E-state index in [1.807, 2.05) is 42.6 Å². The molecule has 3 nitrogen and oxygen atoms in total. The van der Waals surface area contributed by atoms with Crippen molar-refractivity contribution in [1.29, 1.82) is 0 Å². The van der Waals surface area contributed by atoms with Crippen molar-refractivity contribution in [3.63, 3.8) is 0 Å². The van der Waals surface area contributed by atoms with Gasteiger partial charge in [-0.05, 0) is 48.2 Å². The van der Waals surface area contributed by atoms with E-state index in [9.17, 15) is 4.39 Å². The molecule has 0 bridgehead atoms. The Morgan fingerprint density at radius 3 is 2.70 bits per heavy atom. The normalized spacial score (nSPS) is 11.1. The SMILES string of the molecule is Cc1csc(NN=Cc2cccc(-c3ccc(C)c(F)c3)c2)n1. The highest BCUT2D eigenvalue weighted by Crippen LogP contribution is 2.22. The number of rotatable bonds is 4. The predicted octanol–water partition coefficient (Wildman–Crippen LogP) is 5.01. The van der Waals surface area contributed by atoms with Crippen LogP contribution >= 0.6 is 11.3 Å². The van der Waals surface area contributed by atoms with Gasteiger partial charge < -0.3 is 0 Å². The van der Waals surface area contributed by atoms with Gasteiger partial charge >= 0.3 is 0 Å². The molecule has 5 heteroatoms. The Kier molecular flexibility index (Phi) is 4.48. The van der Waals surface area contributed by atoms with Crippen LogP contribution in [0.1, 0.15) is 16.8 Å². The fourth-order valence-electron chi connectivity index (χ4n) is 2.14. The van der Waals surface area contributed by atoms with Crippen molar-refractivity contribution in [2.45, 2.75) is 13.8 Å². The molecule has 116 valence electrons. The van der Waals surface area contributed by atoms with Crippen LogP contribution < -0.4 is 5.43 Å². The lowest BCUT2D eigenvalue weighted by Gasteiger charge is -2.04. The molecule has 0 unspecified atom stereocenters. The highest BCUT2D eigenvalue weighted by molar-refractivity contribution is 7.13. The second-order valence-corrected chi connectivity index (χ2v) is 6.11. The van der Waals surface area contributed by atoms with E-state index < -0.39 is 0 Å². The largest absolute Gasteiger partial charge is 0.253 e. The van der Waals surface area contributed by atoms with Crippen LogP contribution in [-0.4, -0.2) is 11.2 Å². The average molecular weight is 325 g/mol. The molecular weight excluding hydrogens is 309 g/mol. The molecular formula is C18H16FN3S.